The minimum atomic E-state index is 0.505. The minimum Gasteiger partial charge on any atom is -0.310 e. The van der Waals surface area contributed by atoms with E-state index in [4.69, 9.17) is 0 Å². The molecule has 0 aliphatic rings. The first-order chi connectivity index (χ1) is 8.58. The molecule has 0 unspecified atom stereocenters. The van der Waals surface area contributed by atoms with Gasteiger partial charge in [0.1, 0.15) is 0 Å². The summed E-state index contributed by atoms with van der Waals surface area (Å²) in [5, 5.41) is 5.62. The van der Waals surface area contributed by atoms with E-state index in [1.807, 2.05) is 0 Å². The van der Waals surface area contributed by atoms with Crippen LogP contribution in [-0.4, -0.2) is 6.04 Å². The summed E-state index contributed by atoms with van der Waals surface area (Å²) in [6, 6.07) is 9.30. The van der Waals surface area contributed by atoms with Crippen molar-refractivity contribution in [1.82, 2.24) is 5.32 Å². The topological polar surface area (TPSA) is 12.0 Å². The van der Waals surface area contributed by atoms with E-state index in [-0.39, 0.29) is 0 Å². The molecule has 3 heteroatoms. The third-order valence-electron chi connectivity index (χ3n) is 2.83. The van der Waals surface area contributed by atoms with Crippen LogP contribution in [0.15, 0.2) is 34.1 Å². The number of hydrogen-bond acceptors (Lipinski definition) is 2. The lowest BCUT2D eigenvalue weighted by atomic mass is 10.0. The average molecular weight is 324 g/mol. The minimum absolute atomic E-state index is 0.505. The number of thiophene rings is 1. The van der Waals surface area contributed by atoms with E-state index in [2.05, 4.69) is 71.7 Å². The highest BCUT2D eigenvalue weighted by atomic mass is 79.9. The van der Waals surface area contributed by atoms with Gasteiger partial charge in [-0.3, -0.25) is 0 Å². The first-order valence-corrected chi connectivity index (χ1v) is 7.81. The van der Waals surface area contributed by atoms with Crippen LogP contribution < -0.4 is 5.32 Å². The smallest absolute Gasteiger partial charge is 0.0488 e. The summed E-state index contributed by atoms with van der Waals surface area (Å²) in [4.78, 5) is 1.32. The lowest BCUT2D eigenvalue weighted by Crippen LogP contribution is -2.22. The van der Waals surface area contributed by atoms with Crippen LogP contribution in [0.5, 0.6) is 0 Å². The maximum Gasteiger partial charge on any atom is 0.0488 e. The van der Waals surface area contributed by atoms with Crippen molar-refractivity contribution >= 4 is 27.3 Å². The first kappa shape index (κ1) is 13.8. The van der Waals surface area contributed by atoms with Gasteiger partial charge < -0.3 is 5.32 Å². The Bertz CT molecular complexity index is 531. The second-order valence-electron chi connectivity index (χ2n) is 4.79. The van der Waals surface area contributed by atoms with E-state index in [1.54, 1.807) is 11.3 Å². The van der Waals surface area contributed by atoms with Crippen LogP contribution in [0, 0.1) is 6.92 Å². The number of aryl methyl sites for hydroxylation is 1. The van der Waals surface area contributed by atoms with Crippen LogP contribution in [0.4, 0.5) is 0 Å². The zero-order valence-electron chi connectivity index (χ0n) is 11.0. The van der Waals surface area contributed by atoms with Gasteiger partial charge in [-0.05, 0) is 45.4 Å². The van der Waals surface area contributed by atoms with E-state index in [9.17, 15) is 0 Å². The molecule has 18 heavy (non-hydrogen) atoms. The van der Waals surface area contributed by atoms with Crippen molar-refractivity contribution in [3.8, 4) is 10.4 Å². The summed E-state index contributed by atoms with van der Waals surface area (Å²) in [7, 11) is 0. The third kappa shape index (κ3) is 3.22. The van der Waals surface area contributed by atoms with Crippen molar-refractivity contribution in [2.45, 2.75) is 33.4 Å². The number of halogens is 1. The summed E-state index contributed by atoms with van der Waals surface area (Å²) in [5.41, 5.74) is 4.00. The fourth-order valence-electron chi connectivity index (χ4n) is 1.86. The van der Waals surface area contributed by atoms with Gasteiger partial charge in [-0.2, -0.15) is 0 Å². The molecule has 0 aliphatic heterocycles. The van der Waals surface area contributed by atoms with E-state index in [0.29, 0.717) is 6.04 Å². The van der Waals surface area contributed by atoms with Gasteiger partial charge in [0.05, 0.1) is 0 Å². The van der Waals surface area contributed by atoms with Crippen LogP contribution in [0.2, 0.25) is 0 Å². The number of hydrogen-bond donors (Lipinski definition) is 1. The van der Waals surface area contributed by atoms with Crippen LogP contribution in [0.3, 0.4) is 0 Å². The Morgan fingerprint density at radius 1 is 1.28 bits per heavy atom. The maximum atomic E-state index is 3.63. The molecular formula is C15H18BrNS. The van der Waals surface area contributed by atoms with E-state index >= 15 is 0 Å². The van der Waals surface area contributed by atoms with E-state index in [1.165, 1.54) is 26.0 Å². The monoisotopic (exact) mass is 323 g/mol. The Kier molecular flexibility index (Phi) is 4.60. The Labute approximate surface area is 121 Å². The lowest BCUT2D eigenvalue weighted by molar-refractivity contribution is 0.589. The van der Waals surface area contributed by atoms with Crippen molar-refractivity contribution in [2.24, 2.45) is 0 Å². The molecule has 0 saturated carbocycles. The normalized spacial score (nSPS) is 11.2. The lowest BCUT2D eigenvalue weighted by Gasteiger charge is -2.13. The van der Waals surface area contributed by atoms with Crippen LogP contribution in [-0.2, 0) is 6.54 Å². The predicted octanol–water partition coefficient (Wildman–Crippen LogP) is 4.98. The van der Waals surface area contributed by atoms with Gasteiger partial charge >= 0.3 is 0 Å². The summed E-state index contributed by atoms with van der Waals surface area (Å²) < 4.78 is 1.18. The van der Waals surface area contributed by atoms with Crippen molar-refractivity contribution < 1.29 is 0 Å². The number of rotatable bonds is 4. The maximum absolute atomic E-state index is 3.63. The molecule has 1 N–H and O–H groups in total. The van der Waals surface area contributed by atoms with E-state index in [0.717, 1.165) is 6.54 Å². The zero-order valence-corrected chi connectivity index (χ0v) is 13.4. The second-order valence-corrected chi connectivity index (χ2v) is 6.56. The molecule has 96 valence electrons. The predicted molar refractivity (Wildman–Crippen MR) is 84.2 cm³/mol. The quantitative estimate of drug-likeness (QED) is 0.836. The molecule has 2 rings (SSSR count). The number of benzene rings is 1. The molecular weight excluding hydrogens is 306 g/mol. The Morgan fingerprint density at radius 3 is 2.67 bits per heavy atom. The average Bonchev–Trinajstić information content (AvgIpc) is 2.73. The Hall–Kier alpha value is -0.640. The molecule has 1 aromatic heterocycles. The van der Waals surface area contributed by atoms with Crippen molar-refractivity contribution in [1.29, 1.82) is 0 Å². The molecule has 1 nitrogen and oxygen atoms in total. The van der Waals surface area contributed by atoms with Crippen LogP contribution >= 0.6 is 27.3 Å². The largest absolute Gasteiger partial charge is 0.310 e. The first-order valence-electron chi connectivity index (χ1n) is 6.14. The van der Waals surface area contributed by atoms with Crippen molar-refractivity contribution in [3.05, 3.63) is 45.2 Å². The molecule has 1 heterocycles. The molecule has 0 radical (unpaired) electrons. The number of nitrogens with one attached hydrogen (secondary N) is 1. The summed E-state index contributed by atoms with van der Waals surface area (Å²) in [6.07, 6.45) is 0. The Balaban J connectivity index is 2.38. The van der Waals surface area contributed by atoms with Crippen LogP contribution in [0.1, 0.15) is 25.0 Å². The summed E-state index contributed by atoms with van der Waals surface area (Å²) in [6.45, 7) is 7.41. The van der Waals surface area contributed by atoms with Crippen LogP contribution in [0.25, 0.3) is 10.4 Å². The fraction of sp³-hybridized carbons (Fsp3) is 0.333. The SMILES string of the molecule is Cc1ccc(CNC(C)C)c(-c2sccc2Br)c1. The molecule has 1 aromatic carbocycles. The van der Waals surface area contributed by atoms with Gasteiger partial charge in [-0.15, -0.1) is 11.3 Å². The molecule has 0 aliphatic carbocycles. The van der Waals surface area contributed by atoms with Crippen molar-refractivity contribution in [2.75, 3.05) is 0 Å². The standard InChI is InChI=1S/C15H18BrNS/c1-10(2)17-9-12-5-4-11(3)8-13(12)15-14(16)6-7-18-15/h4-8,10,17H,9H2,1-3H3. The third-order valence-corrected chi connectivity index (χ3v) is 4.70. The highest BCUT2D eigenvalue weighted by Gasteiger charge is 2.10. The molecule has 0 bridgehead atoms. The highest BCUT2D eigenvalue weighted by molar-refractivity contribution is 9.10. The van der Waals surface area contributed by atoms with Gasteiger partial charge in [-0.25, -0.2) is 0 Å². The molecule has 0 saturated heterocycles. The van der Waals surface area contributed by atoms with Gasteiger partial charge in [-0.1, -0.05) is 37.6 Å². The Morgan fingerprint density at radius 2 is 2.06 bits per heavy atom. The second kappa shape index (κ2) is 6.00. The van der Waals surface area contributed by atoms with Crippen molar-refractivity contribution in [3.63, 3.8) is 0 Å². The van der Waals surface area contributed by atoms with Gasteiger partial charge in [0.2, 0.25) is 0 Å². The molecule has 0 fully saturated rings. The molecule has 0 spiro atoms. The van der Waals surface area contributed by atoms with Gasteiger partial charge in [0.15, 0.2) is 0 Å². The molecule has 0 amide bonds. The summed E-state index contributed by atoms with van der Waals surface area (Å²) >= 11 is 5.42. The van der Waals surface area contributed by atoms with Gasteiger partial charge in [0.25, 0.3) is 0 Å². The van der Waals surface area contributed by atoms with Gasteiger partial charge in [0, 0.05) is 21.9 Å². The molecule has 0 atom stereocenters. The fourth-order valence-corrected chi connectivity index (χ4v) is 3.49. The summed E-state index contributed by atoms with van der Waals surface area (Å²) in [5.74, 6) is 0. The highest BCUT2D eigenvalue weighted by Crippen LogP contribution is 2.36. The molecule has 2 aromatic rings. The van der Waals surface area contributed by atoms with E-state index < -0.39 is 0 Å². The zero-order chi connectivity index (χ0) is 13.1.